The molecule has 0 atom stereocenters. The molecule has 5 heteroatoms. The van der Waals surface area contributed by atoms with E-state index >= 15 is 0 Å². The smallest absolute Gasteiger partial charge is 0.319 e. The minimum absolute atomic E-state index is 0.185. The third kappa shape index (κ3) is 1.98. The van der Waals surface area contributed by atoms with Crippen LogP contribution in [0.15, 0.2) is 4.79 Å². The first kappa shape index (κ1) is 9.98. The Bertz CT molecular complexity index is 331. The normalized spacial score (nSPS) is 12.0. The highest BCUT2D eigenvalue weighted by Crippen LogP contribution is 2.11. The van der Waals surface area contributed by atoms with Crippen LogP contribution in [0, 0.1) is 0 Å². The molecule has 0 radical (unpaired) electrons. The lowest BCUT2D eigenvalue weighted by Crippen LogP contribution is -2.34. The molecular weight excluding hydrogens is 168 g/mol. The molecule has 3 N–H and O–H groups in total. The Labute approximate surface area is 76.9 Å². The first-order chi connectivity index (χ1) is 5.96. The molecule has 0 aliphatic heterocycles. The van der Waals surface area contributed by atoms with Gasteiger partial charge in [-0.15, -0.1) is 0 Å². The van der Waals surface area contributed by atoms with E-state index in [2.05, 4.69) is 10.2 Å². The quantitative estimate of drug-likeness (QED) is 0.703. The molecule has 0 saturated heterocycles. The molecule has 1 aromatic heterocycles. The number of hydrogen-bond acceptors (Lipinski definition) is 3. The van der Waals surface area contributed by atoms with Crippen LogP contribution in [0.3, 0.4) is 0 Å². The molecule has 0 fully saturated rings. The molecule has 5 nitrogen and oxygen atoms in total. The van der Waals surface area contributed by atoms with Crippen LogP contribution in [0.4, 0.5) is 0 Å². The molecule has 0 aromatic carbocycles. The number of nitrogens with one attached hydrogen (secondary N) is 1. The second kappa shape index (κ2) is 3.33. The van der Waals surface area contributed by atoms with Gasteiger partial charge < -0.3 is 5.73 Å². The van der Waals surface area contributed by atoms with Gasteiger partial charge in [0.05, 0.1) is 5.54 Å². The van der Waals surface area contributed by atoms with Gasteiger partial charge in [0.15, 0.2) is 5.82 Å². The molecule has 0 saturated carbocycles. The fourth-order valence-corrected chi connectivity index (χ4v) is 1.24. The summed E-state index contributed by atoms with van der Waals surface area (Å²) >= 11 is 0. The topological polar surface area (TPSA) is 76.7 Å². The minimum Gasteiger partial charge on any atom is -0.319 e. The Kier molecular flexibility index (Phi) is 2.56. The molecule has 1 aromatic rings. The standard InChI is InChI=1S/C8H16N4O/c1-4-5-12-6(8(2,3)9)10-11-7(12)13/h4-5,9H2,1-3H3,(H,11,13). The SMILES string of the molecule is CCCn1c(C(C)(C)N)n[nH]c1=O. The average molecular weight is 184 g/mol. The summed E-state index contributed by atoms with van der Waals surface area (Å²) < 4.78 is 1.58. The highest BCUT2D eigenvalue weighted by atomic mass is 16.1. The molecule has 0 aliphatic carbocycles. The Balaban J connectivity index is 3.15. The van der Waals surface area contributed by atoms with Gasteiger partial charge in [0, 0.05) is 6.54 Å². The zero-order chi connectivity index (χ0) is 10.1. The second-order valence-corrected chi connectivity index (χ2v) is 3.73. The third-order valence-corrected chi connectivity index (χ3v) is 1.78. The molecule has 1 rings (SSSR count). The summed E-state index contributed by atoms with van der Waals surface area (Å²) in [5.74, 6) is 0.611. The third-order valence-electron chi connectivity index (χ3n) is 1.78. The van der Waals surface area contributed by atoms with E-state index in [0.717, 1.165) is 6.42 Å². The van der Waals surface area contributed by atoms with E-state index in [1.54, 1.807) is 4.57 Å². The van der Waals surface area contributed by atoms with Gasteiger partial charge in [-0.1, -0.05) is 6.92 Å². The van der Waals surface area contributed by atoms with Crippen molar-refractivity contribution >= 4 is 0 Å². The van der Waals surface area contributed by atoms with Crippen molar-refractivity contribution in [2.24, 2.45) is 5.73 Å². The summed E-state index contributed by atoms with van der Waals surface area (Å²) in [6.07, 6.45) is 0.891. The average Bonchev–Trinajstić information content (AvgIpc) is 2.32. The second-order valence-electron chi connectivity index (χ2n) is 3.73. The lowest BCUT2D eigenvalue weighted by atomic mass is 10.1. The maximum Gasteiger partial charge on any atom is 0.343 e. The fourth-order valence-electron chi connectivity index (χ4n) is 1.24. The monoisotopic (exact) mass is 184 g/mol. The zero-order valence-electron chi connectivity index (χ0n) is 8.29. The number of aromatic nitrogens is 3. The predicted molar refractivity (Wildman–Crippen MR) is 50.4 cm³/mol. The highest BCUT2D eigenvalue weighted by molar-refractivity contribution is 5.00. The summed E-state index contributed by atoms with van der Waals surface area (Å²) in [6, 6.07) is 0. The maximum absolute atomic E-state index is 11.3. The van der Waals surface area contributed by atoms with Crippen molar-refractivity contribution in [3.05, 3.63) is 16.3 Å². The van der Waals surface area contributed by atoms with Crippen LogP contribution < -0.4 is 11.4 Å². The summed E-state index contributed by atoms with van der Waals surface area (Å²) in [7, 11) is 0. The van der Waals surface area contributed by atoms with Crippen LogP contribution in [0.2, 0.25) is 0 Å². The highest BCUT2D eigenvalue weighted by Gasteiger charge is 2.22. The number of aromatic amines is 1. The van der Waals surface area contributed by atoms with E-state index in [1.807, 2.05) is 20.8 Å². The number of nitrogens with zero attached hydrogens (tertiary/aromatic N) is 2. The van der Waals surface area contributed by atoms with Crippen molar-refractivity contribution in [2.45, 2.75) is 39.3 Å². The largest absolute Gasteiger partial charge is 0.343 e. The summed E-state index contributed by atoms with van der Waals surface area (Å²) in [4.78, 5) is 11.3. The van der Waals surface area contributed by atoms with Gasteiger partial charge in [0.1, 0.15) is 0 Å². The number of nitrogens with two attached hydrogens (primary N) is 1. The molecular formula is C8H16N4O. The van der Waals surface area contributed by atoms with Crippen molar-refractivity contribution in [3.8, 4) is 0 Å². The summed E-state index contributed by atoms with van der Waals surface area (Å²) in [5.41, 5.74) is 5.10. The van der Waals surface area contributed by atoms with Gasteiger partial charge in [-0.2, -0.15) is 5.10 Å². The van der Waals surface area contributed by atoms with Crippen molar-refractivity contribution in [1.82, 2.24) is 14.8 Å². The van der Waals surface area contributed by atoms with Crippen molar-refractivity contribution < 1.29 is 0 Å². The molecule has 0 unspecified atom stereocenters. The molecule has 0 bridgehead atoms. The molecule has 0 spiro atoms. The first-order valence-corrected chi connectivity index (χ1v) is 4.41. The molecule has 0 aliphatic rings. The van der Waals surface area contributed by atoms with E-state index in [0.29, 0.717) is 12.4 Å². The molecule has 1 heterocycles. The van der Waals surface area contributed by atoms with Crippen LogP contribution in [0.25, 0.3) is 0 Å². The molecule has 74 valence electrons. The van der Waals surface area contributed by atoms with Crippen molar-refractivity contribution in [1.29, 1.82) is 0 Å². The van der Waals surface area contributed by atoms with E-state index in [-0.39, 0.29) is 5.69 Å². The molecule has 0 amide bonds. The van der Waals surface area contributed by atoms with Crippen molar-refractivity contribution in [3.63, 3.8) is 0 Å². The predicted octanol–water partition coefficient (Wildman–Crippen LogP) is 0.175. The Morgan fingerprint density at radius 3 is 2.69 bits per heavy atom. The van der Waals surface area contributed by atoms with E-state index in [9.17, 15) is 4.79 Å². The van der Waals surface area contributed by atoms with Crippen LogP contribution in [0.1, 0.15) is 33.0 Å². The fraction of sp³-hybridized carbons (Fsp3) is 0.750. The van der Waals surface area contributed by atoms with Gasteiger partial charge in [0.2, 0.25) is 0 Å². The number of rotatable bonds is 3. The van der Waals surface area contributed by atoms with Gasteiger partial charge in [-0.25, -0.2) is 9.89 Å². The first-order valence-electron chi connectivity index (χ1n) is 4.41. The van der Waals surface area contributed by atoms with E-state index in [4.69, 9.17) is 5.73 Å². The Morgan fingerprint density at radius 1 is 1.62 bits per heavy atom. The van der Waals surface area contributed by atoms with Gasteiger partial charge in [-0.05, 0) is 20.3 Å². The van der Waals surface area contributed by atoms with Gasteiger partial charge in [0.25, 0.3) is 0 Å². The Hall–Kier alpha value is -1.10. The Morgan fingerprint density at radius 2 is 2.23 bits per heavy atom. The van der Waals surface area contributed by atoms with Gasteiger partial charge in [-0.3, -0.25) is 4.57 Å². The lowest BCUT2D eigenvalue weighted by Gasteiger charge is -2.17. The van der Waals surface area contributed by atoms with Crippen LogP contribution in [0.5, 0.6) is 0 Å². The number of hydrogen-bond donors (Lipinski definition) is 2. The minimum atomic E-state index is -0.575. The maximum atomic E-state index is 11.3. The molecule has 13 heavy (non-hydrogen) atoms. The van der Waals surface area contributed by atoms with E-state index in [1.165, 1.54) is 0 Å². The zero-order valence-corrected chi connectivity index (χ0v) is 8.29. The summed E-state index contributed by atoms with van der Waals surface area (Å²) in [5, 5.41) is 6.31. The summed E-state index contributed by atoms with van der Waals surface area (Å²) in [6.45, 7) is 6.32. The van der Waals surface area contributed by atoms with Crippen LogP contribution in [-0.4, -0.2) is 14.8 Å². The van der Waals surface area contributed by atoms with Crippen molar-refractivity contribution in [2.75, 3.05) is 0 Å². The van der Waals surface area contributed by atoms with Gasteiger partial charge >= 0.3 is 5.69 Å². The lowest BCUT2D eigenvalue weighted by molar-refractivity contribution is 0.467. The number of H-pyrrole nitrogens is 1. The van der Waals surface area contributed by atoms with E-state index < -0.39 is 5.54 Å². The van der Waals surface area contributed by atoms with Crippen LogP contribution >= 0.6 is 0 Å². The van der Waals surface area contributed by atoms with Crippen LogP contribution in [-0.2, 0) is 12.1 Å².